The standard InChI is InChI=1S/C10H15F3N2O/c11-10(12,13)9(3-4-9)8(16)15-5-1-2-7(14)6-15/h7H,1-6,14H2. The molecule has 0 radical (unpaired) electrons. The summed E-state index contributed by atoms with van der Waals surface area (Å²) in [6, 6.07) is -0.179. The minimum Gasteiger partial charge on any atom is -0.340 e. The monoisotopic (exact) mass is 236 g/mol. The molecule has 6 heteroatoms. The van der Waals surface area contributed by atoms with Gasteiger partial charge in [-0.25, -0.2) is 0 Å². The molecule has 1 saturated carbocycles. The molecule has 0 aromatic rings. The maximum absolute atomic E-state index is 12.7. The molecule has 1 heterocycles. The summed E-state index contributed by atoms with van der Waals surface area (Å²) in [5.74, 6) is -0.768. The fraction of sp³-hybridized carbons (Fsp3) is 0.900. The summed E-state index contributed by atoms with van der Waals surface area (Å²) in [7, 11) is 0. The van der Waals surface area contributed by atoms with Gasteiger partial charge in [0.15, 0.2) is 0 Å². The highest BCUT2D eigenvalue weighted by atomic mass is 19.4. The molecule has 2 N–H and O–H groups in total. The topological polar surface area (TPSA) is 46.3 Å². The Morgan fingerprint density at radius 2 is 2.00 bits per heavy atom. The van der Waals surface area contributed by atoms with Gasteiger partial charge in [0.1, 0.15) is 5.41 Å². The number of nitrogens with zero attached hydrogens (tertiary/aromatic N) is 1. The Balaban J connectivity index is 2.08. The lowest BCUT2D eigenvalue weighted by atomic mass is 10.0. The van der Waals surface area contributed by atoms with Crippen LogP contribution >= 0.6 is 0 Å². The number of hydrogen-bond donors (Lipinski definition) is 1. The normalized spacial score (nSPS) is 29.0. The molecule has 0 bridgehead atoms. The number of rotatable bonds is 1. The van der Waals surface area contributed by atoms with Gasteiger partial charge in [0, 0.05) is 19.1 Å². The van der Waals surface area contributed by atoms with E-state index in [1.54, 1.807) is 0 Å². The number of carbonyl (C=O) groups excluding carboxylic acids is 1. The van der Waals surface area contributed by atoms with Crippen LogP contribution in [0.1, 0.15) is 25.7 Å². The van der Waals surface area contributed by atoms with Crippen LogP contribution in [-0.2, 0) is 4.79 Å². The zero-order valence-electron chi connectivity index (χ0n) is 8.89. The summed E-state index contributed by atoms with van der Waals surface area (Å²) in [5, 5.41) is 0. The van der Waals surface area contributed by atoms with Gasteiger partial charge in [0.2, 0.25) is 5.91 Å². The highest BCUT2D eigenvalue weighted by Crippen LogP contribution is 2.58. The zero-order valence-corrected chi connectivity index (χ0v) is 8.89. The van der Waals surface area contributed by atoms with Gasteiger partial charge in [-0.2, -0.15) is 13.2 Å². The Bertz CT molecular complexity index is 299. The summed E-state index contributed by atoms with van der Waals surface area (Å²) in [4.78, 5) is 13.1. The lowest BCUT2D eigenvalue weighted by molar-refractivity contribution is -0.199. The van der Waals surface area contributed by atoms with Gasteiger partial charge in [-0.15, -0.1) is 0 Å². The Morgan fingerprint density at radius 3 is 2.44 bits per heavy atom. The summed E-state index contributed by atoms with van der Waals surface area (Å²) in [6.07, 6.45) is -3.07. The van der Waals surface area contributed by atoms with E-state index in [-0.39, 0.29) is 25.4 Å². The summed E-state index contributed by atoms with van der Waals surface area (Å²) in [6.45, 7) is 0.668. The lowest BCUT2D eigenvalue weighted by Gasteiger charge is -2.34. The third-order valence-electron chi connectivity index (χ3n) is 3.45. The molecule has 3 nitrogen and oxygen atoms in total. The summed E-state index contributed by atoms with van der Waals surface area (Å²) >= 11 is 0. The molecule has 0 aromatic heterocycles. The molecule has 2 fully saturated rings. The van der Waals surface area contributed by atoms with Crippen LogP contribution in [0.4, 0.5) is 13.2 Å². The van der Waals surface area contributed by atoms with Gasteiger partial charge < -0.3 is 10.6 Å². The van der Waals surface area contributed by atoms with E-state index < -0.39 is 17.5 Å². The molecule has 1 unspecified atom stereocenters. The fourth-order valence-corrected chi connectivity index (χ4v) is 2.24. The number of halogens is 3. The van der Waals surface area contributed by atoms with Crippen LogP contribution in [0.15, 0.2) is 0 Å². The lowest BCUT2D eigenvalue weighted by Crippen LogP contribution is -2.51. The molecule has 1 amide bonds. The fourth-order valence-electron chi connectivity index (χ4n) is 2.24. The molecule has 0 spiro atoms. The van der Waals surface area contributed by atoms with Crippen molar-refractivity contribution in [3.05, 3.63) is 0 Å². The first-order valence-electron chi connectivity index (χ1n) is 5.48. The Labute approximate surface area is 91.8 Å². The summed E-state index contributed by atoms with van der Waals surface area (Å²) < 4.78 is 38.2. The molecule has 1 saturated heterocycles. The molecule has 2 rings (SSSR count). The molecule has 1 aliphatic carbocycles. The first-order chi connectivity index (χ1) is 7.37. The number of likely N-dealkylation sites (tertiary alicyclic amines) is 1. The van der Waals surface area contributed by atoms with E-state index >= 15 is 0 Å². The number of nitrogens with two attached hydrogens (primary N) is 1. The molecule has 2 aliphatic rings. The van der Waals surface area contributed by atoms with Crippen molar-refractivity contribution in [3.63, 3.8) is 0 Å². The number of hydrogen-bond acceptors (Lipinski definition) is 2. The zero-order chi connectivity index (χ0) is 12.0. The van der Waals surface area contributed by atoms with Crippen molar-refractivity contribution in [3.8, 4) is 0 Å². The largest absolute Gasteiger partial charge is 0.403 e. The van der Waals surface area contributed by atoms with Crippen molar-refractivity contribution < 1.29 is 18.0 Å². The van der Waals surface area contributed by atoms with E-state index in [2.05, 4.69) is 0 Å². The van der Waals surface area contributed by atoms with Gasteiger partial charge in [0.25, 0.3) is 0 Å². The van der Waals surface area contributed by atoms with E-state index in [1.807, 2.05) is 0 Å². The van der Waals surface area contributed by atoms with Gasteiger partial charge in [-0.1, -0.05) is 0 Å². The van der Waals surface area contributed by atoms with Crippen molar-refractivity contribution >= 4 is 5.91 Å². The smallest absolute Gasteiger partial charge is 0.340 e. The van der Waals surface area contributed by atoms with Crippen LogP contribution in [0.2, 0.25) is 0 Å². The van der Waals surface area contributed by atoms with E-state index in [0.29, 0.717) is 13.0 Å². The van der Waals surface area contributed by atoms with Gasteiger partial charge >= 0.3 is 6.18 Å². The molecular weight excluding hydrogens is 221 g/mol. The van der Waals surface area contributed by atoms with Crippen molar-refractivity contribution in [1.82, 2.24) is 4.90 Å². The maximum Gasteiger partial charge on any atom is 0.403 e. The predicted octanol–water partition coefficient (Wildman–Crippen LogP) is 1.28. The number of piperidine rings is 1. The second-order valence-electron chi connectivity index (χ2n) is 4.73. The van der Waals surface area contributed by atoms with E-state index in [0.717, 1.165) is 6.42 Å². The number of amides is 1. The number of carbonyl (C=O) groups is 1. The van der Waals surface area contributed by atoms with Gasteiger partial charge in [-0.05, 0) is 25.7 Å². The highest BCUT2D eigenvalue weighted by Gasteiger charge is 2.69. The quantitative estimate of drug-likeness (QED) is 0.745. The van der Waals surface area contributed by atoms with Crippen LogP contribution in [0, 0.1) is 5.41 Å². The first-order valence-corrected chi connectivity index (χ1v) is 5.48. The van der Waals surface area contributed by atoms with Crippen LogP contribution in [0.5, 0.6) is 0 Å². The van der Waals surface area contributed by atoms with Crippen molar-refractivity contribution in [2.45, 2.75) is 37.9 Å². The van der Waals surface area contributed by atoms with Crippen molar-refractivity contribution in [1.29, 1.82) is 0 Å². The van der Waals surface area contributed by atoms with E-state index in [1.165, 1.54) is 4.90 Å². The van der Waals surface area contributed by atoms with Gasteiger partial charge in [0.05, 0.1) is 0 Å². The van der Waals surface area contributed by atoms with Crippen LogP contribution in [0.25, 0.3) is 0 Å². The highest BCUT2D eigenvalue weighted by molar-refractivity contribution is 5.86. The molecule has 1 aliphatic heterocycles. The van der Waals surface area contributed by atoms with E-state index in [4.69, 9.17) is 5.73 Å². The summed E-state index contributed by atoms with van der Waals surface area (Å²) in [5.41, 5.74) is 3.58. The van der Waals surface area contributed by atoms with Crippen LogP contribution < -0.4 is 5.73 Å². The molecular formula is C10H15F3N2O. The average Bonchev–Trinajstić information content (AvgIpc) is 2.96. The third kappa shape index (κ3) is 1.79. The maximum atomic E-state index is 12.7. The molecule has 1 atom stereocenters. The second-order valence-corrected chi connectivity index (χ2v) is 4.73. The Morgan fingerprint density at radius 1 is 1.38 bits per heavy atom. The SMILES string of the molecule is NC1CCCN(C(=O)C2(C(F)(F)F)CC2)C1. The van der Waals surface area contributed by atoms with Crippen molar-refractivity contribution in [2.24, 2.45) is 11.1 Å². The van der Waals surface area contributed by atoms with Crippen LogP contribution in [-0.4, -0.2) is 36.1 Å². The average molecular weight is 236 g/mol. The Kier molecular flexibility index (Phi) is 2.64. The van der Waals surface area contributed by atoms with Gasteiger partial charge in [-0.3, -0.25) is 4.79 Å². The van der Waals surface area contributed by atoms with Crippen LogP contribution in [0.3, 0.4) is 0 Å². The second kappa shape index (κ2) is 3.61. The molecule has 0 aromatic carbocycles. The first kappa shape index (κ1) is 11.7. The van der Waals surface area contributed by atoms with E-state index in [9.17, 15) is 18.0 Å². The molecule has 16 heavy (non-hydrogen) atoms. The minimum absolute atomic E-state index is 0.0684. The number of alkyl halides is 3. The molecule has 92 valence electrons. The minimum atomic E-state index is -4.41. The third-order valence-corrected chi connectivity index (χ3v) is 3.45. The Hall–Kier alpha value is -0.780. The van der Waals surface area contributed by atoms with Crippen molar-refractivity contribution in [2.75, 3.05) is 13.1 Å². The predicted molar refractivity (Wildman–Crippen MR) is 51.5 cm³/mol.